The van der Waals surface area contributed by atoms with Crippen LogP contribution in [0.3, 0.4) is 0 Å². The Bertz CT molecular complexity index is 847. The Morgan fingerprint density at radius 1 is 1.15 bits per heavy atom. The second-order valence-electron chi connectivity index (χ2n) is 6.11. The van der Waals surface area contributed by atoms with E-state index in [-0.39, 0.29) is 12.6 Å². The van der Waals surface area contributed by atoms with E-state index >= 15 is 0 Å². The second kappa shape index (κ2) is 7.31. The highest BCUT2D eigenvalue weighted by Crippen LogP contribution is 2.33. The molecule has 134 valence electrons. The van der Waals surface area contributed by atoms with Crippen molar-refractivity contribution in [3.8, 4) is 11.5 Å². The van der Waals surface area contributed by atoms with E-state index in [1.165, 1.54) is 6.92 Å². The van der Waals surface area contributed by atoms with Crippen LogP contribution in [0.4, 0.5) is 10.5 Å². The summed E-state index contributed by atoms with van der Waals surface area (Å²) in [6.45, 7) is 3.32. The lowest BCUT2D eigenvalue weighted by molar-refractivity contribution is -0.145. The number of anilines is 1. The fourth-order valence-electron chi connectivity index (χ4n) is 2.46. The highest BCUT2D eigenvalue weighted by molar-refractivity contribution is 5.87. The van der Waals surface area contributed by atoms with Gasteiger partial charge in [0.05, 0.1) is 0 Å². The van der Waals surface area contributed by atoms with Crippen LogP contribution in [0, 0.1) is 0 Å². The van der Waals surface area contributed by atoms with Crippen LogP contribution < -0.4 is 14.8 Å². The van der Waals surface area contributed by atoms with Gasteiger partial charge in [0.2, 0.25) is 0 Å². The summed E-state index contributed by atoms with van der Waals surface area (Å²) >= 11 is 0. The Morgan fingerprint density at radius 3 is 2.65 bits per heavy atom. The Labute approximate surface area is 151 Å². The van der Waals surface area contributed by atoms with Crippen LogP contribution in [0.1, 0.15) is 19.4 Å². The monoisotopic (exact) mass is 353 g/mol. The number of rotatable bonds is 4. The normalized spacial score (nSPS) is 17.6. The molecular weight excluding hydrogens is 334 g/mol. The van der Waals surface area contributed by atoms with Gasteiger partial charge in [-0.25, -0.2) is 4.79 Å². The highest BCUT2D eigenvalue weighted by atomic mass is 16.6. The van der Waals surface area contributed by atoms with Gasteiger partial charge in [-0.2, -0.15) is 0 Å². The van der Waals surface area contributed by atoms with Crippen molar-refractivity contribution in [1.29, 1.82) is 0 Å². The van der Waals surface area contributed by atoms with Crippen LogP contribution in [0.2, 0.25) is 0 Å². The largest absolute Gasteiger partial charge is 0.479 e. The van der Waals surface area contributed by atoms with Gasteiger partial charge in [-0.1, -0.05) is 24.3 Å². The Morgan fingerprint density at radius 2 is 1.92 bits per heavy atom. The van der Waals surface area contributed by atoms with Gasteiger partial charge >= 0.3 is 12.1 Å². The SMILES string of the molecule is CC(=O)OCC1(C)C=Cc2cc(NC(=O)Oc3ccccc3)ccc2O1. The minimum absolute atomic E-state index is 0.127. The molecule has 1 aliphatic heterocycles. The minimum atomic E-state index is -0.722. The van der Waals surface area contributed by atoms with Crippen molar-refractivity contribution in [3.05, 3.63) is 60.2 Å². The number of benzene rings is 2. The molecule has 3 rings (SSSR count). The fraction of sp³-hybridized carbons (Fsp3) is 0.200. The Kier molecular flexibility index (Phi) is 4.93. The summed E-state index contributed by atoms with van der Waals surface area (Å²) in [5, 5.41) is 2.68. The zero-order valence-electron chi connectivity index (χ0n) is 14.5. The van der Waals surface area contributed by atoms with Crippen molar-refractivity contribution in [2.45, 2.75) is 19.4 Å². The number of fused-ring (bicyclic) bond motifs is 1. The molecule has 26 heavy (non-hydrogen) atoms. The Balaban J connectivity index is 1.66. The molecule has 0 fully saturated rings. The second-order valence-corrected chi connectivity index (χ2v) is 6.11. The molecule has 1 amide bonds. The van der Waals surface area contributed by atoms with E-state index in [0.29, 0.717) is 17.2 Å². The number of nitrogens with one attached hydrogen (secondary N) is 1. The zero-order valence-corrected chi connectivity index (χ0v) is 14.5. The van der Waals surface area contributed by atoms with Gasteiger partial charge in [0, 0.05) is 18.2 Å². The number of esters is 1. The average Bonchev–Trinajstić information content (AvgIpc) is 2.61. The number of ether oxygens (including phenoxy) is 3. The van der Waals surface area contributed by atoms with Crippen LogP contribution in [0.5, 0.6) is 11.5 Å². The number of hydrogen-bond acceptors (Lipinski definition) is 5. The molecule has 6 heteroatoms. The van der Waals surface area contributed by atoms with E-state index in [2.05, 4.69) is 5.32 Å². The van der Waals surface area contributed by atoms with Crippen LogP contribution >= 0.6 is 0 Å². The van der Waals surface area contributed by atoms with E-state index in [0.717, 1.165) is 5.56 Å². The van der Waals surface area contributed by atoms with Crippen LogP contribution in [-0.2, 0) is 9.53 Å². The summed E-state index contributed by atoms with van der Waals surface area (Å²) in [6, 6.07) is 14.1. The lowest BCUT2D eigenvalue weighted by atomic mass is 10.0. The summed E-state index contributed by atoms with van der Waals surface area (Å²) in [5.74, 6) is 0.752. The molecule has 0 bridgehead atoms. The van der Waals surface area contributed by atoms with Gasteiger partial charge in [0.15, 0.2) is 5.60 Å². The number of amides is 1. The standard InChI is InChI=1S/C20H19NO5/c1-14(22)24-13-20(2)11-10-15-12-16(8-9-18(15)26-20)21-19(23)25-17-6-4-3-5-7-17/h3-12H,13H2,1-2H3,(H,21,23). The van der Waals surface area contributed by atoms with Gasteiger partial charge in [0.1, 0.15) is 18.1 Å². The molecular formula is C20H19NO5. The van der Waals surface area contributed by atoms with E-state index in [9.17, 15) is 9.59 Å². The minimum Gasteiger partial charge on any atom is -0.479 e. The fourth-order valence-corrected chi connectivity index (χ4v) is 2.46. The quantitative estimate of drug-likeness (QED) is 0.840. The third kappa shape index (κ3) is 4.42. The molecule has 0 spiro atoms. The number of hydrogen-bond donors (Lipinski definition) is 1. The molecule has 1 unspecified atom stereocenters. The van der Waals surface area contributed by atoms with Crippen molar-refractivity contribution in [1.82, 2.24) is 0 Å². The topological polar surface area (TPSA) is 73.9 Å². The molecule has 1 heterocycles. The maximum atomic E-state index is 12.0. The summed E-state index contributed by atoms with van der Waals surface area (Å²) in [6.07, 6.45) is 3.12. The first-order valence-corrected chi connectivity index (χ1v) is 8.13. The van der Waals surface area contributed by atoms with Gasteiger partial charge < -0.3 is 14.2 Å². The van der Waals surface area contributed by atoms with Crippen molar-refractivity contribution < 1.29 is 23.8 Å². The summed E-state index contributed by atoms with van der Waals surface area (Å²) < 4.78 is 16.2. The molecule has 6 nitrogen and oxygen atoms in total. The smallest absolute Gasteiger partial charge is 0.417 e. The predicted octanol–water partition coefficient (Wildman–Crippen LogP) is 4.02. The molecule has 1 N–H and O–H groups in total. The summed E-state index contributed by atoms with van der Waals surface area (Å²) in [4.78, 5) is 23.0. The maximum absolute atomic E-state index is 12.0. The van der Waals surface area contributed by atoms with Crippen molar-refractivity contribution in [3.63, 3.8) is 0 Å². The molecule has 0 radical (unpaired) electrons. The predicted molar refractivity (Wildman–Crippen MR) is 97.2 cm³/mol. The molecule has 0 aromatic heterocycles. The lowest BCUT2D eigenvalue weighted by Gasteiger charge is -2.31. The molecule has 0 aliphatic carbocycles. The number of para-hydroxylation sites is 1. The highest BCUT2D eigenvalue weighted by Gasteiger charge is 2.29. The maximum Gasteiger partial charge on any atom is 0.417 e. The van der Waals surface area contributed by atoms with Crippen LogP contribution in [0.25, 0.3) is 6.08 Å². The van der Waals surface area contributed by atoms with Crippen molar-refractivity contribution >= 4 is 23.8 Å². The van der Waals surface area contributed by atoms with Crippen LogP contribution in [0.15, 0.2) is 54.6 Å². The molecule has 0 saturated heterocycles. The Hall–Kier alpha value is -3.28. The molecule has 0 saturated carbocycles. The van der Waals surface area contributed by atoms with E-state index in [4.69, 9.17) is 14.2 Å². The van der Waals surface area contributed by atoms with Crippen LogP contribution in [-0.4, -0.2) is 24.3 Å². The molecule has 1 aliphatic rings. The van der Waals surface area contributed by atoms with E-state index < -0.39 is 11.7 Å². The van der Waals surface area contributed by atoms with E-state index in [1.807, 2.05) is 25.1 Å². The third-order valence-electron chi connectivity index (χ3n) is 3.73. The first kappa shape index (κ1) is 17.5. The molecule has 2 aromatic carbocycles. The number of carbonyl (C=O) groups is 2. The van der Waals surface area contributed by atoms with Crippen molar-refractivity contribution in [2.24, 2.45) is 0 Å². The first-order chi connectivity index (χ1) is 12.4. The average molecular weight is 353 g/mol. The third-order valence-corrected chi connectivity index (χ3v) is 3.73. The van der Waals surface area contributed by atoms with Gasteiger partial charge in [-0.15, -0.1) is 0 Å². The molecule has 2 aromatic rings. The first-order valence-electron chi connectivity index (χ1n) is 8.13. The van der Waals surface area contributed by atoms with Gasteiger partial charge in [0.25, 0.3) is 0 Å². The van der Waals surface area contributed by atoms with Gasteiger partial charge in [-0.05, 0) is 43.3 Å². The van der Waals surface area contributed by atoms with Gasteiger partial charge in [-0.3, -0.25) is 10.1 Å². The molecule has 1 atom stereocenters. The number of carbonyl (C=O) groups excluding carboxylic acids is 2. The van der Waals surface area contributed by atoms with E-state index in [1.54, 1.807) is 42.5 Å². The summed E-state index contributed by atoms with van der Waals surface area (Å²) in [7, 11) is 0. The lowest BCUT2D eigenvalue weighted by Crippen LogP contribution is -2.37. The summed E-state index contributed by atoms with van der Waals surface area (Å²) in [5.41, 5.74) is 0.671. The zero-order chi connectivity index (χ0) is 18.6. The van der Waals surface area contributed by atoms with Crippen molar-refractivity contribution in [2.75, 3.05) is 11.9 Å².